The molecule has 34 heteroatoms. The van der Waals surface area contributed by atoms with Crippen molar-refractivity contribution in [1.29, 1.82) is 0 Å². The van der Waals surface area contributed by atoms with Gasteiger partial charge in [-0.15, -0.1) is 0 Å². The molecule has 13 rings (SSSR count). The van der Waals surface area contributed by atoms with E-state index >= 15 is 0 Å². The second-order valence-corrected chi connectivity index (χ2v) is 42.3. The molecule has 0 aliphatic heterocycles. The number of aliphatic carboxylic acids is 1. The molecule has 8 aromatic carbocycles. The molecule has 0 bridgehead atoms. The van der Waals surface area contributed by atoms with Gasteiger partial charge in [-0.2, -0.15) is 0 Å². The Hall–Kier alpha value is -12.4. The summed E-state index contributed by atoms with van der Waals surface area (Å²) in [5, 5.41) is 22.9. The van der Waals surface area contributed by atoms with Crippen LogP contribution in [0.4, 0.5) is 0 Å². The lowest BCUT2D eigenvalue weighted by atomic mass is 9.86. The van der Waals surface area contributed by atoms with Crippen LogP contribution in [0.1, 0.15) is 88.0 Å². The number of carboxylic acid groups (broad SMARTS) is 1. The van der Waals surface area contributed by atoms with Gasteiger partial charge in [0.05, 0.1) is 127 Å². The maximum atomic E-state index is 13.4. The van der Waals surface area contributed by atoms with Crippen LogP contribution in [-0.2, 0) is 88.0 Å². The molecule has 5 heterocycles. The molecule has 127 heavy (non-hydrogen) atoms. The predicted octanol–water partition coefficient (Wildman–Crippen LogP) is 18.1. The normalized spacial score (nSPS) is 11.5. The first-order valence-corrected chi connectivity index (χ1v) is 48.0. The number of rotatable bonds is 27. The first-order chi connectivity index (χ1) is 59.8. The number of carboxylic acids is 1. The van der Waals surface area contributed by atoms with Gasteiger partial charge in [0.2, 0.25) is 8.32 Å². The summed E-state index contributed by atoms with van der Waals surface area (Å²) in [6.07, 6.45) is 10.4. The van der Waals surface area contributed by atoms with Crippen molar-refractivity contribution < 1.29 is 111 Å². The fourth-order valence-electron chi connectivity index (χ4n) is 12.9. The number of fused-ring (bicyclic) bond motifs is 5. The van der Waals surface area contributed by atoms with Gasteiger partial charge in [0.1, 0.15) is 46.0 Å². The van der Waals surface area contributed by atoms with Crippen LogP contribution in [0.2, 0.25) is 19.6 Å². The van der Waals surface area contributed by atoms with Gasteiger partial charge < -0.3 is 81.7 Å². The number of nitrogens with zero attached hydrogens (tertiary/aromatic N) is 2. The zero-order valence-electron chi connectivity index (χ0n) is 75.3. The van der Waals surface area contributed by atoms with Crippen LogP contribution in [-0.4, -0.2) is 169 Å². The van der Waals surface area contributed by atoms with Crippen molar-refractivity contribution in [2.75, 3.05) is 78.2 Å². The van der Waals surface area contributed by atoms with E-state index in [-0.39, 0.29) is 39.7 Å². The van der Waals surface area contributed by atoms with E-state index in [1.807, 2.05) is 94.7 Å². The van der Waals surface area contributed by atoms with Crippen molar-refractivity contribution in [2.45, 2.75) is 116 Å². The monoisotopic (exact) mass is 1840 g/mol. The molecule has 5 aromatic heterocycles. The zero-order chi connectivity index (χ0) is 94.3. The van der Waals surface area contributed by atoms with E-state index in [4.69, 9.17) is 72.3 Å². The Morgan fingerprint density at radius 3 is 1.03 bits per heavy atom. The van der Waals surface area contributed by atoms with Crippen molar-refractivity contribution >= 4 is 127 Å². The Morgan fingerprint density at radius 2 is 0.717 bits per heavy atom. The van der Waals surface area contributed by atoms with Gasteiger partial charge in [-0.25, -0.2) is 33.2 Å². The van der Waals surface area contributed by atoms with E-state index in [1.165, 1.54) is 105 Å². The van der Waals surface area contributed by atoms with Gasteiger partial charge in [0.15, 0.2) is 6.29 Å². The minimum atomic E-state index is -3.89. The van der Waals surface area contributed by atoms with Crippen LogP contribution in [0.15, 0.2) is 221 Å². The Balaban J connectivity index is 0.000000211. The molecule has 5 N–H and O–H groups in total. The molecule has 0 unspecified atom stereocenters. The van der Waals surface area contributed by atoms with Gasteiger partial charge in [0, 0.05) is 102 Å². The first kappa shape index (κ1) is 102. The van der Waals surface area contributed by atoms with Crippen LogP contribution in [0.25, 0.3) is 54.5 Å². The summed E-state index contributed by atoms with van der Waals surface area (Å²) in [5.41, 5.74) is 6.57. The number of hydrogen-bond donors (Lipinski definition) is 5. The Morgan fingerprint density at radius 1 is 0.409 bits per heavy atom. The fourth-order valence-corrected chi connectivity index (χ4v) is 17.3. The summed E-state index contributed by atoms with van der Waals surface area (Å²) in [6, 6.07) is 45.6. The standard InChI is InChI=1S/C22H25NO6S.C21H23NO6S.C15H19NO3.C10H11NO2.C10H9NO2.C8H18O2Si.C7H7ClO3S/c1-22(2,21(24)29-5)13-15-14-23(20-11-8-17(28-4)12-19(15)20)30(25,26)18-9-6-16(27-3)7-10-18;1-21(2,20(23)24)12-14-13-22(19-10-7-16(28-4)11-18(14)19)29(25,26)17-8-5-15(27-3)6-9-17;1-15(2,14(17)19-4)8-10-9-16-13-6-5-11(18-3)7-12(10)13;2*1-13-8-2-3-10-9(4-8)7(6-12)5-11-10;1-7(2)8(9-3)10-11(4,5)6;1-11-6-2-4-7(5-3-6)12(8,9)10/h6-12,14H,13H2,1-5H3;5-11,13H,12H2,1-4H3,(H,23,24);5-7,9,16H,8H2,1-4H3;2-5,11-12H,6H2,1H3;2-6,11H,1H3;1-6H3;2-5H,1H3. The summed E-state index contributed by atoms with van der Waals surface area (Å²) < 4.78 is 139. The van der Waals surface area contributed by atoms with Crippen molar-refractivity contribution in [3.8, 4) is 46.0 Å². The number of benzene rings is 8. The number of aromatic amines is 3. The van der Waals surface area contributed by atoms with Crippen LogP contribution < -0.4 is 37.9 Å². The van der Waals surface area contributed by atoms with Gasteiger partial charge in [-0.1, -0.05) is 0 Å². The summed E-state index contributed by atoms with van der Waals surface area (Å²) in [5.74, 6) is 4.40. The summed E-state index contributed by atoms with van der Waals surface area (Å²) in [4.78, 5) is 55.8. The van der Waals surface area contributed by atoms with Gasteiger partial charge in [-0.05, 0) is 275 Å². The highest BCUT2D eigenvalue weighted by atomic mass is 35.7. The number of aldehydes is 1. The molecule has 0 aliphatic carbocycles. The van der Waals surface area contributed by atoms with E-state index < -0.39 is 59.6 Å². The zero-order valence-corrected chi connectivity index (χ0v) is 79.5. The van der Waals surface area contributed by atoms with Crippen LogP contribution in [0, 0.1) is 16.2 Å². The van der Waals surface area contributed by atoms with Gasteiger partial charge >= 0.3 is 17.9 Å². The van der Waals surface area contributed by atoms with Crippen LogP contribution >= 0.6 is 10.7 Å². The van der Waals surface area contributed by atoms with E-state index in [0.717, 1.165) is 72.9 Å². The first-order valence-electron chi connectivity index (χ1n) is 39.4. The average molecular weight is 1840 g/mol. The van der Waals surface area contributed by atoms with E-state index in [0.29, 0.717) is 86.0 Å². The molecular formula is C93H112ClN5O24S3Si. The molecular weight excluding hydrogens is 1730 g/mol. The van der Waals surface area contributed by atoms with Crippen molar-refractivity contribution in [1.82, 2.24) is 22.9 Å². The Kier molecular flexibility index (Phi) is 35.4. The predicted molar refractivity (Wildman–Crippen MR) is 494 cm³/mol. The van der Waals surface area contributed by atoms with Crippen molar-refractivity contribution in [2.24, 2.45) is 16.2 Å². The van der Waals surface area contributed by atoms with Crippen molar-refractivity contribution in [3.63, 3.8) is 0 Å². The molecule has 0 spiro atoms. The highest BCUT2D eigenvalue weighted by Gasteiger charge is 2.34. The molecule has 682 valence electrons. The van der Waals surface area contributed by atoms with E-state index in [1.54, 1.807) is 136 Å². The Bertz CT molecular complexity index is 6340. The summed E-state index contributed by atoms with van der Waals surface area (Å²) in [7, 11) is 9.11. The third-order valence-electron chi connectivity index (χ3n) is 19.8. The van der Waals surface area contributed by atoms with Gasteiger partial charge in [-0.3, -0.25) is 19.2 Å². The average Bonchev–Trinajstić information content (AvgIpc) is 1.61. The minimum absolute atomic E-state index is 0.0488. The van der Waals surface area contributed by atoms with Crippen LogP contribution in [0.3, 0.4) is 0 Å². The number of nitrogens with one attached hydrogen (secondary N) is 3. The highest BCUT2D eigenvalue weighted by Crippen LogP contribution is 2.38. The molecule has 13 aromatic rings. The third-order valence-corrected chi connectivity index (χ3v) is 25.3. The second kappa shape index (κ2) is 44.2. The number of halogens is 1. The number of ether oxygens (including phenoxy) is 11. The fraction of sp³-hybridized carbons (Fsp3) is 0.312. The van der Waals surface area contributed by atoms with E-state index in [2.05, 4.69) is 34.6 Å². The third kappa shape index (κ3) is 26.4. The maximum absolute atomic E-state index is 13.4. The lowest BCUT2D eigenvalue weighted by molar-refractivity contribution is -0.151. The van der Waals surface area contributed by atoms with Crippen LogP contribution in [0.5, 0.6) is 46.0 Å². The molecule has 0 saturated carbocycles. The number of carbonyl (C=O) groups is 4. The number of methoxy groups -OCH3 is 11. The number of esters is 2. The smallest absolute Gasteiger partial charge is 0.311 e. The summed E-state index contributed by atoms with van der Waals surface area (Å²) in [6.45, 7) is 20.9. The molecule has 0 radical (unpaired) electrons. The lowest BCUT2D eigenvalue weighted by Crippen LogP contribution is -2.27. The highest BCUT2D eigenvalue weighted by molar-refractivity contribution is 8.13. The largest absolute Gasteiger partial charge is 0.520 e. The van der Waals surface area contributed by atoms with Crippen molar-refractivity contribution in [3.05, 3.63) is 234 Å². The molecule has 0 atom stereocenters. The van der Waals surface area contributed by atoms with E-state index in [9.17, 15) is 49.5 Å². The Labute approximate surface area is 746 Å². The van der Waals surface area contributed by atoms with Gasteiger partial charge in [0.25, 0.3) is 35.0 Å². The number of hydrogen-bond acceptors (Lipinski definition) is 23. The molecule has 0 amide bonds. The SMILES string of the molecule is COC(=O)C(C)(C)Cc1c[nH]c2ccc(OC)cc12.COC(=O)C(C)(C)Cc1cn(S(=O)(=O)c2ccc(OC)cc2)c2ccc(OC)cc12.COC(O[Si](C)(C)C)=C(C)C.COc1ccc(S(=O)(=O)Cl)cc1.COc1ccc(S(=O)(=O)n2cc(CC(C)(C)C(=O)O)c3cc(OC)ccc32)cc1.COc1ccc2[nH]cc(C=O)c2c1.COc1ccc2[nH]cc(CO)c2c1. The molecule has 0 aliphatic rings. The maximum Gasteiger partial charge on any atom is 0.311 e. The lowest BCUT2D eigenvalue weighted by Gasteiger charge is -2.21. The number of aliphatic hydroxyl groups is 1. The quantitative estimate of drug-likeness (QED) is 0.0105. The molecule has 0 fully saturated rings. The number of aliphatic hydroxyl groups excluding tert-OH is 1. The number of aromatic nitrogens is 5. The topological polar surface area (TPSA) is 379 Å². The number of allylic oxidation sites excluding steroid dienone is 1. The second-order valence-electron chi connectivity index (χ2n) is 31.7. The summed E-state index contributed by atoms with van der Waals surface area (Å²) >= 11 is 0. The molecule has 0 saturated heterocycles. The minimum Gasteiger partial charge on any atom is -0.520 e. The number of carbonyl (C=O) groups excluding carboxylic acids is 3. The number of H-pyrrole nitrogens is 3. The molecule has 29 nitrogen and oxygen atoms in total.